The smallest absolute Gasteiger partial charge is 0.227 e. The van der Waals surface area contributed by atoms with E-state index in [-0.39, 0.29) is 0 Å². The monoisotopic (exact) mass is 270 g/mol. The van der Waals surface area contributed by atoms with Crippen LogP contribution in [-0.4, -0.2) is 39.7 Å². The van der Waals surface area contributed by atoms with Crippen LogP contribution >= 0.6 is 0 Å². The highest BCUT2D eigenvalue weighted by molar-refractivity contribution is 5.51. The first kappa shape index (κ1) is 12.0. The molecule has 0 amide bonds. The number of pyridine rings is 1. The molecule has 1 atom stereocenters. The Hall–Kier alpha value is -1.75. The van der Waals surface area contributed by atoms with Crippen molar-refractivity contribution in [1.82, 2.24) is 20.0 Å². The molecule has 20 heavy (non-hydrogen) atoms. The molecule has 5 nitrogen and oxygen atoms in total. The average Bonchev–Trinajstić information content (AvgIpc) is 2.98. The van der Waals surface area contributed by atoms with Crippen LogP contribution < -0.4 is 0 Å². The summed E-state index contributed by atoms with van der Waals surface area (Å²) < 4.78 is 5.42. The Bertz CT molecular complexity index is 575. The third-order valence-electron chi connectivity index (χ3n) is 4.62. The summed E-state index contributed by atoms with van der Waals surface area (Å²) in [5.41, 5.74) is 0.913. The largest absolute Gasteiger partial charge is 0.339 e. The molecule has 3 fully saturated rings. The van der Waals surface area contributed by atoms with Gasteiger partial charge in [-0.05, 0) is 49.9 Å². The summed E-state index contributed by atoms with van der Waals surface area (Å²) >= 11 is 0. The summed E-state index contributed by atoms with van der Waals surface area (Å²) in [6.45, 7) is 3.73. The summed E-state index contributed by atoms with van der Waals surface area (Å²) in [7, 11) is 0. The van der Waals surface area contributed by atoms with E-state index in [9.17, 15) is 0 Å². The molecule has 0 N–H and O–H groups in total. The van der Waals surface area contributed by atoms with E-state index in [1.165, 1.54) is 32.5 Å². The lowest BCUT2D eigenvalue weighted by molar-refractivity contribution is 0.0473. The summed E-state index contributed by atoms with van der Waals surface area (Å²) in [4.78, 5) is 11.2. The molecule has 104 valence electrons. The van der Waals surface area contributed by atoms with Crippen LogP contribution in [0.1, 0.15) is 18.7 Å². The minimum Gasteiger partial charge on any atom is -0.339 e. The van der Waals surface area contributed by atoms with Crippen molar-refractivity contribution in [1.29, 1.82) is 0 Å². The SMILES string of the molecule is c1cncc(-c2noc(CC3CN4CCC3CC4)n2)c1. The minimum atomic E-state index is 0.648. The highest BCUT2D eigenvalue weighted by atomic mass is 16.5. The maximum Gasteiger partial charge on any atom is 0.227 e. The molecule has 1 unspecified atom stereocenters. The van der Waals surface area contributed by atoms with Crippen LogP contribution in [0.5, 0.6) is 0 Å². The first-order chi connectivity index (χ1) is 9.88. The van der Waals surface area contributed by atoms with Crippen molar-refractivity contribution in [3.8, 4) is 11.4 Å². The van der Waals surface area contributed by atoms with E-state index < -0.39 is 0 Å². The number of hydrogen-bond donors (Lipinski definition) is 0. The maximum atomic E-state index is 5.42. The van der Waals surface area contributed by atoms with E-state index in [4.69, 9.17) is 4.52 Å². The second-order valence-electron chi connectivity index (χ2n) is 5.86. The molecule has 3 aliphatic heterocycles. The average molecular weight is 270 g/mol. The van der Waals surface area contributed by atoms with Gasteiger partial charge < -0.3 is 9.42 Å². The van der Waals surface area contributed by atoms with Gasteiger partial charge in [0.25, 0.3) is 0 Å². The van der Waals surface area contributed by atoms with Gasteiger partial charge in [0.05, 0.1) is 0 Å². The van der Waals surface area contributed by atoms with Crippen LogP contribution in [-0.2, 0) is 6.42 Å². The van der Waals surface area contributed by atoms with Gasteiger partial charge in [-0.25, -0.2) is 0 Å². The molecule has 0 aliphatic carbocycles. The molecule has 0 saturated carbocycles. The number of nitrogens with zero attached hydrogens (tertiary/aromatic N) is 4. The van der Waals surface area contributed by atoms with Crippen molar-refractivity contribution in [2.24, 2.45) is 11.8 Å². The summed E-state index contributed by atoms with van der Waals surface area (Å²) in [5.74, 6) is 2.94. The van der Waals surface area contributed by atoms with Gasteiger partial charge in [-0.3, -0.25) is 4.98 Å². The number of hydrogen-bond acceptors (Lipinski definition) is 5. The van der Waals surface area contributed by atoms with E-state index in [0.29, 0.717) is 11.7 Å². The number of rotatable bonds is 3. The van der Waals surface area contributed by atoms with Crippen LogP contribution in [0.15, 0.2) is 29.0 Å². The molecular weight excluding hydrogens is 252 g/mol. The zero-order valence-corrected chi connectivity index (χ0v) is 11.4. The van der Waals surface area contributed by atoms with Crippen LogP contribution in [0.25, 0.3) is 11.4 Å². The fraction of sp³-hybridized carbons (Fsp3) is 0.533. The normalized spacial score (nSPS) is 28.7. The lowest BCUT2D eigenvalue weighted by Crippen LogP contribution is -2.48. The van der Waals surface area contributed by atoms with Gasteiger partial charge in [0.15, 0.2) is 0 Å². The van der Waals surface area contributed by atoms with Crippen LogP contribution in [0, 0.1) is 11.8 Å². The fourth-order valence-electron chi connectivity index (χ4n) is 3.49. The number of aromatic nitrogens is 3. The third-order valence-corrected chi connectivity index (χ3v) is 4.62. The molecule has 0 radical (unpaired) electrons. The van der Waals surface area contributed by atoms with E-state index in [0.717, 1.165) is 23.8 Å². The van der Waals surface area contributed by atoms with Gasteiger partial charge >= 0.3 is 0 Å². The highest BCUT2D eigenvalue weighted by Crippen LogP contribution is 2.34. The number of piperidine rings is 3. The highest BCUT2D eigenvalue weighted by Gasteiger charge is 2.34. The Balaban J connectivity index is 1.49. The Morgan fingerprint density at radius 2 is 2.20 bits per heavy atom. The Morgan fingerprint density at radius 3 is 2.90 bits per heavy atom. The molecule has 2 aromatic heterocycles. The van der Waals surface area contributed by atoms with Gasteiger partial charge in [0.2, 0.25) is 11.7 Å². The second kappa shape index (κ2) is 4.98. The first-order valence-electron chi connectivity index (χ1n) is 7.34. The first-order valence-corrected chi connectivity index (χ1v) is 7.34. The summed E-state index contributed by atoms with van der Waals surface area (Å²) in [5, 5.41) is 4.07. The van der Waals surface area contributed by atoms with Crippen molar-refractivity contribution in [3.63, 3.8) is 0 Å². The Labute approximate surface area is 118 Å². The lowest BCUT2D eigenvalue weighted by Gasteiger charge is -2.44. The minimum absolute atomic E-state index is 0.648. The Morgan fingerprint density at radius 1 is 1.30 bits per heavy atom. The Kier molecular flexibility index (Phi) is 2.99. The summed E-state index contributed by atoms with van der Waals surface area (Å²) in [6.07, 6.45) is 7.08. The van der Waals surface area contributed by atoms with Crippen molar-refractivity contribution in [2.45, 2.75) is 19.3 Å². The molecule has 5 rings (SSSR count). The van der Waals surface area contributed by atoms with Gasteiger partial charge in [-0.1, -0.05) is 5.16 Å². The predicted molar refractivity (Wildman–Crippen MR) is 73.9 cm³/mol. The maximum absolute atomic E-state index is 5.42. The topological polar surface area (TPSA) is 55.1 Å². The van der Waals surface area contributed by atoms with Gasteiger partial charge in [-0.15, -0.1) is 0 Å². The van der Waals surface area contributed by atoms with Gasteiger partial charge in [0.1, 0.15) is 0 Å². The molecule has 5 heteroatoms. The molecule has 3 aliphatic rings. The zero-order valence-electron chi connectivity index (χ0n) is 11.4. The van der Waals surface area contributed by atoms with Crippen molar-refractivity contribution in [3.05, 3.63) is 30.4 Å². The zero-order chi connectivity index (χ0) is 13.4. The van der Waals surface area contributed by atoms with Crippen LogP contribution in [0.2, 0.25) is 0 Å². The third kappa shape index (κ3) is 2.22. The van der Waals surface area contributed by atoms with Crippen molar-refractivity contribution >= 4 is 0 Å². The lowest BCUT2D eigenvalue weighted by atomic mass is 9.77. The summed E-state index contributed by atoms with van der Waals surface area (Å²) in [6, 6.07) is 3.84. The van der Waals surface area contributed by atoms with E-state index in [1.54, 1.807) is 12.4 Å². The molecule has 2 aromatic rings. The fourth-order valence-corrected chi connectivity index (χ4v) is 3.49. The number of fused-ring (bicyclic) bond motifs is 3. The van der Waals surface area contributed by atoms with E-state index in [2.05, 4.69) is 20.0 Å². The molecule has 0 aromatic carbocycles. The van der Waals surface area contributed by atoms with Gasteiger partial charge in [0, 0.05) is 30.9 Å². The van der Waals surface area contributed by atoms with Crippen molar-refractivity contribution < 1.29 is 4.52 Å². The van der Waals surface area contributed by atoms with E-state index in [1.807, 2.05) is 12.1 Å². The molecule has 5 heterocycles. The molecule has 3 saturated heterocycles. The van der Waals surface area contributed by atoms with Gasteiger partial charge in [-0.2, -0.15) is 4.98 Å². The molecule has 0 spiro atoms. The molecular formula is C15H18N4O. The van der Waals surface area contributed by atoms with E-state index >= 15 is 0 Å². The standard InChI is InChI=1S/C15H18N4O/c1-2-12(9-16-5-1)15-17-14(20-18-15)8-13-10-19-6-3-11(13)4-7-19/h1-2,5,9,11,13H,3-4,6-8,10H2. The van der Waals surface area contributed by atoms with Crippen LogP contribution in [0.3, 0.4) is 0 Å². The van der Waals surface area contributed by atoms with Crippen molar-refractivity contribution in [2.75, 3.05) is 19.6 Å². The van der Waals surface area contributed by atoms with Crippen LogP contribution in [0.4, 0.5) is 0 Å². The predicted octanol–water partition coefficient (Wildman–Crippen LogP) is 2.02. The second-order valence-corrected chi connectivity index (χ2v) is 5.86. The quantitative estimate of drug-likeness (QED) is 0.854. The molecule has 2 bridgehead atoms.